The van der Waals surface area contributed by atoms with Crippen LogP contribution < -0.4 is 14.4 Å². The first-order chi connectivity index (χ1) is 21.3. The maximum absolute atomic E-state index is 6.70. The molecule has 5 aromatic carbocycles. The Hall–Kier alpha value is -5.28. The molecule has 9 rings (SSSR count). The predicted octanol–water partition coefficient (Wildman–Crippen LogP) is 10.9. The van der Waals surface area contributed by atoms with Crippen LogP contribution in [0.2, 0.25) is 0 Å². The highest BCUT2D eigenvalue weighted by atomic mass is 16.5. The van der Waals surface area contributed by atoms with E-state index in [0.29, 0.717) is 5.92 Å². The average molecular weight is 556 g/mol. The van der Waals surface area contributed by atoms with Gasteiger partial charge in [-0.2, -0.15) is 0 Å². The summed E-state index contributed by atoms with van der Waals surface area (Å²) in [5, 5.41) is 2.23. The largest absolute Gasteiger partial charge is 0.456 e. The Morgan fingerprint density at radius 2 is 1.28 bits per heavy atom. The number of benzene rings is 5. The third-order valence-corrected chi connectivity index (χ3v) is 9.12. The lowest BCUT2D eigenvalue weighted by atomic mass is 9.87. The fourth-order valence-electron chi connectivity index (χ4n) is 7.07. The maximum atomic E-state index is 6.70. The summed E-state index contributed by atoms with van der Waals surface area (Å²) in [5.41, 5.74) is 8.27. The van der Waals surface area contributed by atoms with Gasteiger partial charge in [-0.1, -0.05) is 78.9 Å². The van der Waals surface area contributed by atoms with Crippen molar-refractivity contribution in [2.75, 3.05) is 4.90 Å². The summed E-state index contributed by atoms with van der Waals surface area (Å²) in [6.07, 6.45) is 18.0. The summed E-state index contributed by atoms with van der Waals surface area (Å²) >= 11 is 0. The van der Waals surface area contributed by atoms with Gasteiger partial charge in [0, 0.05) is 45.3 Å². The van der Waals surface area contributed by atoms with Gasteiger partial charge in [-0.05, 0) is 84.1 Å². The van der Waals surface area contributed by atoms with Crippen molar-refractivity contribution in [1.82, 2.24) is 0 Å². The Morgan fingerprint density at radius 1 is 0.558 bits per heavy atom. The molecule has 0 aromatic heterocycles. The smallest absolute Gasteiger partial charge is 0.137 e. The Balaban J connectivity index is 1.12. The highest BCUT2D eigenvalue weighted by Crippen LogP contribution is 2.55. The molecular weight excluding hydrogens is 526 g/mol. The molecule has 0 fully saturated rings. The van der Waals surface area contributed by atoms with Gasteiger partial charge in [0.05, 0.1) is 6.04 Å². The second kappa shape index (κ2) is 9.64. The fourth-order valence-corrected chi connectivity index (χ4v) is 7.07. The number of fused-ring (bicyclic) bond motifs is 4. The van der Waals surface area contributed by atoms with E-state index in [-0.39, 0.29) is 6.04 Å². The Bertz CT molecular complexity index is 2050. The lowest BCUT2D eigenvalue weighted by Gasteiger charge is -2.34. The van der Waals surface area contributed by atoms with Crippen LogP contribution in [-0.2, 0) is 0 Å². The summed E-state index contributed by atoms with van der Waals surface area (Å²) in [7, 11) is 0. The zero-order valence-corrected chi connectivity index (χ0v) is 23.6. The number of anilines is 2. The van der Waals surface area contributed by atoms with Gasteiger partial charge in [-0.15, -0.1) is 0 Å². The van der Waals surface area contributed by atoms with Crippen LogP contribution in [0.1, 0.15) is 12.8 Å². The third-order valence-electron chi connectivity index (χ3n) is 9.12. The van der Waals surface area contributed by atoms with Gasteiger partial charge < -0.3 is 14.4 Å². The van der Waals surface area contributed by atoms with Crippen LogP contribution in [0.15, 0.2) is 145 Å². The van der Waals surface area contributed by atoms with E-state index in [9.17, 15) is 0 Å². The summed E-state index contributed by atoms with van der Waals surface area (Å²) in [4.78, 5) is 2.43. The molecule has 2 unspecified atom stereocenters. The van der Waals surface area contributed by atoms with E-state index < -0.39 is 0 Å². The number of ether oxygens (including phenoxy) is 2. The van der Waals surface area contributed by atoms with Gasteiger partial charge in [0.25, 0.3) is 0 Å². The van der Waals surface area contributed by atoms with Crippen LogP contribution in [0.4, 0.5) is 11.4 Å². The first-order valence-corrected chi connectivity index (χ1v) is 15.1. The summed E-state index contributed by atoms with van der Waals surface area (Å²) in [5.74, 6) is 3.99. The second-order valence-corrected chi connectivity index (χ2v) is 11.6. The summed E-state index contributed by atoms with van der Waals surface area (Å²) in [6.45, 7) is 0. The van der Waals surface area contributed by atoms with Crippen molar-refractivity contribution in [3.05, 3.63) is 145 Å². The molecule has 0 amide bonds. The molecule has 4 aliphatic rings. The number of para-hydroxylation sites is 2. The minimum absolute atomic E-state index is 0.201. The predicted molar refractivity (Wildman–Crippen MR) is 176 cm³/mol. The minimum Gasteiger partial charge on any atom is -0.456 e. The zero-order valence-electron chi connectivity index (χ0n) is 23.6. The van der Waals surface area contributed by atoms with Gasteiger partial charge in [0.1, 0.15) is 23.0 Å². The molecule has 0 saturated heterocycles. The van der Waals surface area contributed by atoms with Crippen molar-refractivity contribution in [3.63, 3.8) is 0 Å². The quantitative estimate of drug-likeness (QED) is 0.216. The summed E-state index contributed by atoms with van der Waals surface area (Å²) in [6, 6.07) is 34.4. The molecule has 5 aromatic rings. The van der Waals surface area contributed by atoms with Crippen LogP contribution in [0.3, 0.4) is 0 Å². The second-order valence-electron chi connectivity index (χ2n) is 11.6. The molecule has 3 nitrogen and oxygen atoms in total. The van der Waals surface area contributed by atoms with E-state index in [2.05, 4.69) is 132 Å². The van der Waals surface area contributed by atoms with Crippen molar-refractivity contribution in [2.45, 2.75) is 18.9 Å². The van der Waals surface area contributed by atoms with Gasteiger partial charge in [-0.25, -0.2) is 0 Å². The van der Waals surface area contributed by atoms with Crippen molar-refractivity contribution in [1.29, 1.82) is 0 Å². The highest BCUT2D eigenvalue weighted by molar-refractivity contribution is 6.14. The Labute approximate surface area is 251 Å². The van der Waals surface area contributed by atoms with Gasteiger partial charge in [0.15, 0.2) is 0 Å². The van der Waals surface area contributed by atoms with Crippen molar-refractivity contribution in [3.8, 4) is 45.3 Å². The van der Waals surface area contributed by atoms with Crippen LogP contribution in [0, 0.1) is 5.92 Å². The van der Waals surface area contributed by atoms with Crippen molar-refractivity contribution >= 4 is 22.1 Å². The monoisotopic (exact) mass is 555 g/mol. The minimum atomic E-state index is 0.201. The lowest BCUT2D eigenvalue weighted by Crippen LogP contribution is -2.30. The van der Waals surface area contributed by atoms with Crippen LogP contribution in [0.25, 0.3) is 33.0 Å². The lowest BCUT2D eigenvalue weighted by molar-refractivity contribution is 0.480. The van der Waals surface area contributed by atoms with Gasteiger partial charge >= 0.3 is 0 Å². The molecule has 0 bridgehead atoms. The normalized spacial score (nSPS) is 18.7. The molecule has 2 aliphatic heterocycles. The van der Waals surface area contributed by atoms with Crippen LogP contribution in [0.5, 0.6) is 23.0 Å². The van der Waals surface area contributed by atoms with Crippen LogP contribution in [-0.4, -0.2) is 6.04 Å². The molecule has 206 valence electrons. The average Bonchev–Trinajstić information content (AvgIpc) is 3.08. The number of nitrogens with zero attached hydrogens (tertiary/aromatic N) is 1. The van der Waals surface area contributed by atoms with E-state index in [1.807, 2.05) is 12.1 Å². The van der Waals surface area contributed by atoms with E-state index in [4.69, 9.17) is 9.47 Å². The molecule has 2 heterocycles. The topological polar surface area (TPSA) is 21.7 Å². The van der Waals surface area contributed by atoms with Crippen molar-refractivity contribution < 1.29 is 9.47 Å². The van der Waals surface area contributed by atoms with Crippen LogP contribution >= 0.6 is 0 Å². The summed E-state index contributed by atoms with van der Waals surface area (Å²) < 4.78 is 13.0. The highest BCUT2D eigenvalue weighted by Gasteiger charge is 2.29. The number of hydrogen-bond acceptors (Lipinski definition) is 3. The standard InChI is InChI=1S/C40H29NO2/c1-3-9-26(10-4-1)27-15-17-29(18-16-27)41(28-11-5-2-6-12-28)30-19-20-32-34-22-23-36-39-33(31-13-7-8-14-35(31)42-36)21-24-37(40(34)39)43-38(32)25-30/h1-9,11-17,19-26,29H,10,18H2. The molecule has 0 spiro atoms. The first kappa shape index (κ1) is 24.3. The van der Waals surface area contributed by atoms with E-state index >= 15 is 0 Å². The SMILES string of the molecule is C1=CCC(C2=CCC(N(c3ccccc3)c3ccc4c(c3)Oc3ccc5c6c(ccc-4c36)Oc3ccccc3-5)C=C2)C=C1. The first-order valence-electron chi connectivity index (χ1n) is 15.1. The fraction of sp³-hybridized carbons (Fsp3) is 0.100. The molecule has 2 aliphatic carbocycles. The number of rotatable bonds is 4. The molecule has 0 N–H and O–H groups in total. The third kappa shape index (κ3) is 3.89. The molecule has 2 atom stereocenters. The molecule has 3 heteroatoms. The Morgan fingerprint density at radius 3 is 2.02 bits per heavy atom. The zero-order chi connectivity index (χ0) is 28.3. The number of allylic oxidation sites excluding steroid dienone is 6. The number of hydrogen-bond donors (Lipinski definition) is 0. The molecule has 0 radical (unpaired) electrons. The van der Waals surface area contributed by atoms with Crippen molar-refractivity contribution in [2.24, 2.45) is 5.92 Å². The van der Waals surface area contributed by atoms with E-state index in [1.165, 1.54) is 22.4 Å². The van der Waals surface area contributed by atoms with E-state index in [0.717, 1.165) is 63.4 Å². The van der Waals surface area contributed by atoms with E-state index in [1.54, 1.807) is 0 Å². The van der Waals surface area contributed by atoms with Gasteiger partial charge in [0.2, 0.25) is 0 Å². The molecule has 43 heavy (non-hydrogen) atoms. The molecule has 0 saturated carbocycles. The Kier molecular flexibility index (Phi) is 5.45. The molecular formula is C40H29NO2. The maximum Gasteiger partial charge on any atom is 0.137 e. The van der Waals surface area contributed by atoms with Gasteiger partial charge in [-0.3, -0.25) is 0 Å².